The molecule has 0 radical (unpaired) electrons. The van der Waals surface area contributed by atoms with Gasteiger partial charge in [0.05, 0.1) is 34.8 Å². The zero-order valence-electron chi connectivity index (χ0n) is 18.3. The molecule has 3 aromatic rings. The van der Waals surface area contributed by atoms with Gasteiger partial charge in [0.2, 0.25) is 5.91 Å². The van der Waals surface area contributed by atoms with E-state index in [1.54, 1.807) is 0 Å². The molecular weight excluding hydrogens is 427 g/mol. The Hall–Kier alpha value is -3.74. The molecule has 0 fully saturated rings. The van der Waals surface area contributed by atoms with Crippen molar-refractivity contribution in [2.24, 2.45) is 0 Å². The van der Waals surface area contributed by atoms with Crippen molar-refractivity contribution in [1.82, 2.24) is 4.57 Å². The highest BCUT2D eigenvalue weighted by Gasteiger charge is 2.34. The van der Waals surface area contributed by atoms with Crippen molar-refractivity contribution in [3.8, 4) is 5.69 Å². The second-order valence-electron chi connectivity index (χ2n) is 8.04. The number of nitrogens with one attached hydrogen (secondary N) is 2. The van der Waals surface area contributed by atoms with Gasteiger partial charge in [-0.25, -0.2) is 0 Å². The average molecular weight is 451 g/mol. The molecule has 4 nitrogen and oxygen atoms in total. The van der Waals surface area contributed by atoms with Crippen molar-refractivity contribution in [2.45, 2.75) is 32.5 Å². The molecule has 1 aromatic heterocycles. The van der Waals surface area contributed by atoms with Gasteiger partial charge in [-0.3, -0.25) is 4.79 Å². The lowest BCUT2D eigenvalue weighted by Gasteiger charge is -2.20. The third-order valence-electron chi connectivity index (χ3n) is 5.67. The van der Waals surface area contributed by atoms with Crippen molar-refractivity contribution in [1.29, 1.82) is 0 Å². The second kappa shape index (κ2) is 8.65. The van der Waals surface area contributed by atoms with Gasteiger partial charge in [-0.05, 0) is 66.6 Å². The Morgan fingerprint density at radius 2 is 1.94 bits per heavy atom. The summed E-state index contributed by atoms with van der Waals surface area (Å²) in [7, 11) is 0. The number of carbonyl (C=O) groups excluding carboxylic acids is 1. The monoisotopic (exact) mass is 451 g/mol. The van der Waals surface area contributed by atoms with Crippen LogP contribution in [0.1, 0.15) is 36.1 Å². The lowest BCUT2D eigenvalue weighted by Crippen LogP contribution is -2.26. The summed E-state index contributed by atoms with van der Waals surface area (Å²) in [5.41, 5.74) is 1.68. The Morgan fingerprint density at radius 1 is 1.15 bits per heavy atom. The maximum absolute atomic E-state index is 13.3. The molecule has 1 atom stereocenters. The highest BCUT2D eigenvalue weighted by atomic mass is 19.4. The first-order valence-electron chi connectivity index (χ1n) is 10.5. The number of anilines is 2. The lowest BCUT2D eigenvalue weighted by atomic mass is 10.0. The number of carbonyl (C=O) groups is 1. The Labute approximate surface area is 189 Å². The number of aromatic nitrogens is 1. The molecule has 2 heterocycles. The number of hydrogen-bond acceptors (Lipinski definition) is 2. The molecule has 2 aromatic carbocycles. The third-order valence-corrected chi connectivity index (χ3v) is 5.67. The molecule has 0 saturated heterocycles. The minimum atomic E-state index is -4.49. The van der Waals surface area contributed by atoms with E-state index in [9.17, 15) is 18.0 Å². The summed E-state index contributed by atoms with van der Waals surface area (Å²) in [5, 5.41) is 7.71. The summed E-state index contributed by atoms with van der Waals surface area (Å²) in [5.74, 6) is -0.350. The van der Waals surface area contributed by atoms with Crippen LogP contribution in [0.4, 0.5) is 24.5 Å². The summed E-state index contributed by atoms with van der Waals surface area (Å²) >= 11 is 0. The third kappa shape index (κ3) is 4.58. The van der Waals surface area contributed by atoms with E-state index in [4.69, 9.17) is 0 Å². The van der Waals surface area contributed by atoms with Crippen LogP contribution in [0.25, 0.3) is 18.3 Å². The quantitative estimate of drug-likeness (QED) is 0.584. The number of benzene rings is 2. The number of aryl methyl sites for hydroxylation is 1. The van der Waals surface area contributed by atoms with Crippen LogP contribution in [0.15, 0.2) is 60.8 Å². The normalized spacial score (nSPS) is 16.9. The van der Waals surface area contributed by atoms with E-state index in [0.29, 0.717) is 5.69 Å². The van der Waals surface area contributed by atoms with Crippen LogP contribution in [0.5, 0.6) is 0 Å². The van der Waals surface area contributed by atoms with Gasteiger partial charge in [0.1, 0.15) is 0 Å². The molecule has 1 aliphatic rings. The largest absolute Gasteiger partial charge is 0.416 e. The van der Waals surface area contributed by atoms with Crippen LogP contribution in [0.2, 0.25) is 0 Å². The lowest BCUT2D eigenvalue weighted by molar-refractivity contribution is -0.138. The van der Waals surface area contributed by atoms with Crippen molar-refractivity contribution < 1.29 is 18.0 Å². The van der Waals surface area contributed by atoms with Gasteiger partial charge in [0.25, 0.3) is 0 Å². The first-order valence-corrected chi connectivity index (χ1v) is 10.5. The van der Waals surface area contributed by atoms with E-state index in [1.165, 1.54) is 13.0 Å². The van der Waals surface area contributed by atoms with Crippen LogP contribution in [-0.4, -0.2) is 10.5 Å². The first-order chi connectivity index (χ1) is 15.7. The van der Waals surface area contributed by atoms with Crippen LogP contribution in [0, 0.1) is 6.92 Å². The number of amides is 1. The van der Waals surface area contributed by atoms with Gasteiger partial charge >= 0.3 is 6.18 Å². The van der Waals surface area contributed by atoms with E-state index >= 15 is 0 Å². The topological polar surface area (TPSA) is 46.1 Å². The zero-order valence-corrected chi connectivity index (χ0v) is 18.3. The molecule has 33 heavy (non-hydrogen) atoms. The van der Waals surface area contributed by atoms with E-state index in [0.717, 1.165) is 27.9 Å². The molecule has 1 amide bonds. The summed E-state index contributed by atoms with van der Waals surface area (Å²) in [6, 6.07) is 11.7. The van der Waals surface area contributed by atoms with Gasteiger partial charge in [-0.1, -0.05) is 30.9 Å². The van der Waals surface area contributed by atoms with Crippen molar-refractivity contribution >= 4 is 29.9 Å². The molecule has 1 unspecified atom stereocenters. The van der Waals surface area contributed by atoms with E-state index in [2.05, 4.69) is 17.2 Å². The van der Waals surface area contributed by atoms with Crippen molar-refractivity contribution in [3.63, 3.8) is 0 Å². The molecule has 2 N–H and O–H groups in total. The summed E-state index contributed by atoms with van der Waals surface area (Å²) < 4.78 is 42.0. The number of hydrogen-bond donors (Lipinski definition) is 2. The van der Waals surface area contributed by atoms with Gasteiger partial charge in [0, 0.05) is 11.9 Å². The second-order valence-corrected chi connectivity index (χ2v) is 8.04. The molecular formula is C26H24F3N3O. The number of fused-ring (bicyclic) bond motifs is 1. The highest BCUT2D eigenvalue weighted by Crippen LogP contribution is 2.39. The fraction of sp³-hybridized carbons (Fsp3) is 0.192. The highest BCUT2D eigenvalue weighted by molar-refractivity contribution is 5.97. The van der Waals surface area contributed by atoms with E-state index < -0.39 is 17.8 Å². The van der Waals surface area contributed by atoms with E-state index in [-0.39, 0.29) is 23.6 Å². The SMILES string of the molecule is C=c1ccn(-c2cccc(C3CC(=O)Nc4cc(C(F)(F)F)c(C)cc4N3)c2)/c1=C/C=C\C. The predicted octanol–water partition coefficient (Wildman–Crippen LogP) is 5.07. The number of nitrogens with zero attached hydrogens (tertiary/aromatic N) is 1. The average Bonchev–Trinajstić information content (AvgIpc) is 3.03. The fourth-order valence-corrected chi connectivity index (χ4v) is 4.04. The number of allylic oxidation sites excluding steroid dienone is 2. The fourth-order valence-electron chi connectivity index (χ4n) is 4.04. The molecule has 0 bridgehead atoms. The van der Waals surface area contributed by atoms with E-state index in [1.807, 2.05) is 66.2 Å². The molecule has 170 valence electrons. The number of rotatable bonds is 3. The van der Waals surface area contributed by atoms with Crippen LogP contribution in [0.3, 0.4) is 0 Å². The molecule has 0 saturated carbocycles. The first kappa shape index (κ1) is 22.5. The number of alkyl halides is 3. The van der Waals surface area contributed by atoms with Crippen molar-refractivity contribution in [3.05, 3.63) is 88.1 Å². The van der Waals surface area contributed by atoms with Crippen LogP contribution in [-0.2, 0) is 11.0 Å². The predicted molar refractivity (Wildman–Crippen MR) is 126 cm³/mol. The minimum absolute atomic E-state index is 0.0857. The standard InChI is InChI=1S/C26H24F3N3O/c1-4-5-9-24-16(2)10-11-32(24)19-8-6-7-18(13-19)21-15-25(33)31-23-14-20(26(27,28)29)17(3)12-22(23)30-21/h4-14,21,30H,2,15H2,1,3H3,(H,31,33)/b5-4-,24-9+. The number of halogens is 3. The van der Waals surface area contributed by atoms with Gasteiger partial charge in [-0.15, -0.1) is 0 Å². The smallest absolute Gasteiger partial charge is 0.376 e. The van der Waals surface area contributed by atoms with Crippen LogP contribution >= 0.6 is 0 Å². The Morgan fingerprint density at radius 3 is 2.67 bits per heavy atom. The Bertz CT molecular complexity index is 1350. The van der Waals surface area contributed by atoms with Crippen LogP contribution < -0.4 is 21.2 Å². The summed E-state index contributed by atoms with van der Waals surface area (Å²) in [6.45, 7) is 7.43. The molecule has 0 aliphatic carbocycles. The summed E-state index contributed by atoms with van der Waals surface area (Å²) in [4.78, 5) is 12.5. The zero-order chi connectivity index (χ0) is 23.8. The molecule has 4 rings (SSSR count). The molecule has 7 heteroatoms. The van der Waals surface area contributed by atoms with Gasteiger partial charge in [-0.2, -0.15) is 13.2 Å². The molecule has 1 aliphatic heterocycles. The van der Waals surface area contributed by atoms with Crippen molar-refractivity contribution in [2.75, 3.05) is 10.6 Å². The molecule has 0 spiro atoms. The minimum Gasteiger partial charge on any atom is -0.376 e. The maximum atomic E-state index is 13.3. The van der Waals surface area contributed by atoms with Gasteiger partial charge < -0.3 is 15.2 Å². The summed E-state index contributed by atoms with van der Waals surface area (Å²) in [6.07, 6.45) is 3.38. The maximum Gasteiger partial charge on any atom is 0.416 e. The Kier molecular flexibility index (Phi) is 5.89. The van der Waals surface area contributed by atoms with Gasteiger partial charge in [0.15, 0.2) is 0 Å². The Balaban J connectivity index is 1.74.